The van der Waals surface area contributed by atoms with Gasteiger partial charge in [-0.2, -0.15) is 0 Å². The van der Waals surface area contributed by atoms with E-state index < -0.39 is 0 Å². The number of aromatic nitrogens is 1. The lowest BCUT2D eigenvalue weighted by atomic mass is 9.93. The Kier molecular flexibility index (Phi) is 6.31. The summed E-state index contributed by atoms with van der Waals surface area (Å²) in [5, 5.41) is 2.78. The molecule has 1 saturated carbocycles. The van der Waals surface area contributed by atoms with Gasteiger partial charge in [-0.3, -0.25) is 9.59 Å². The lowest BCUT2D eigenvalue weighted by molar-refractivity contribution is -0.125. The Morgan fingerprint density at radius 2 is 1.64 bits per heavy atom. The summed E-state index contributed by atoms with van der Waals surface area (Å²) in [6, 6.07) is 2.72. The van der Waals surface area contributed by atoms with E-state index in [0.717, 1.165) is 36.1 Å². The molecule has 4 rings (SSSR count). The van der Waals surface area contributed by atoms with Crippen molar-refractivity contribution in [3.8, 4) is 0 Å². The van der Waals surface area contributed by atoms with Gasteiger partial charge in [-0.05, 0) is 47.7 Å². The molecule has 7 heteroatoms. The summed E-state index contributed by atoms with van der Waals surface area (Å²) in [6.45, 7) is 2.05. The monoisotopic (exact) mass is 448 g/mol. The molecule has 6 nitrogen and oxygen atoms in total. The first-order valence-electron chi connectivity index (χ1n) is 10.6. The van der Waals surface area contributed by atoms with Gasteiger partial charge in [0, 0.05) is 35.8 Å². The molecule has 2 amide bonds. The molecule has 0 spiro atoms. The fourth-order valence-corrected chi connectivity index (χ4v) is 5.27. The summed E-state index contributed by atoms with van der Waals surface area (Å²) in [5.74, 6) is 0.0811. The number of fused-ring (bicyclic) bond motifs is 1. The number of amides is 2. The van der Waals surface area contributed by atoms with Crippen LogP contribution in [0.5, 0.6) is 0 Å². The first kappa shape index (κ1) is 19.8. The van der Waals surface area contributed by atoms with Crippen molar-refractivity contribution < 1.29 is 9.59 Å². The van der Waals surface area contributed by atoms with Crippen molar-refractivity contribution in [1.82, 2.24) is 9.88 Å². The van der Waals surface area contributed by atoms with Gasteiger partial charge in [0.05, 0.1) is 5.69 Å². The van der Waals surface area contributed by atoms with E-state index in [1.54, 1.807) is 6.20 Å². The molecule has 3 heterocycles. The number of nitrogens with one attached hydrogen (secondary N) is 1. The van der Waals surface area contributed by atoms with E-state index in [2.05, 4.69) is 31.1 Å². The third-order valence-corrected chi connectivity index (χ3v) is 6.82. The topological polar surface area (TPSA) is 65.5 Å². The summed E-state index contributed by atoms with van der Waals surface area (Å²) < 4.78 is 0.812. The van der Waals surface area contributed by atoms with Crippen molar-refractivity contribution >= 4 is 39.2 Å². The van der Waals surface area contributed by atoms with Gasteiger partial charge in [0.1, 0.15) is 6.42 Å². The fourth-order valence-electron chi connectivity index (χ4n) is 4.95. The first-order valence-corrected chi connectivity index (χ1v) is 11.4. The van der Waals surface area contributed by atoms with Crippen LogP contribution in [0, 0.1) is 0 Å². The van der Waals surface area contributed by atoms with Gasteiger partial charge >= 0.3 is 0 Å². The molecule has 0 radical (unpaired) electrons. The molecule has 152 valence electrons. The fraction of sp³-hybridized carbons (Fsp3) is 0.667. The Hall–Kier alpha value is -1.47. The standard InChI is InChI=1S/C21H29BrN4O2/c22-15-12-18-21(23-14-15)24-19(27)13-20(28)26(18)17-8-10-25(11-9-17)16-6-4-2-1-3-5-7-16/h12,14,16-17H,1-11,13H2,(H,23,24,27). The minimum atomic E-state index is -0.282. The highest BCUT2D eigenvalue weighted by molar-refractivity contribution is 9.10. The molecule has 2 fully saturated rings. The second-order valence-corrected chi connectivity index (χ2v) is 9.19. The number of anilines is 2. The first-order chi connectivity index (χ1) is 13.6. The Labute approximate surface area is 175 Å². The minimum absolute atomic E-state index is 0.114. The number of hydrogen-bond donors (Lipinski definition) is 1. The zero-order chi connectivity index (χ0) is 19.5. The number of halogens is 1. The molecule has 28 heavy (non-hydrogen) atoms. The van der Waals surface area contributed by atoms with Crippen LogP contribution in [0.1, 0.15) is 64.2 Å². The Bertz CT molecular complexity index is 725. The van der Waals surface area contributed by atoms with Gasteiger partial charge < -0.3 is 15.1 Å². The number of hydrogen-bond acceptors (Lipinski definition) is 4. The van der Waals surface area contributed by atoms with E-state index >= 15 is 0 Å². The maximum absolute atomic E-state index is 12.9. The summed E-state index contributed by atoms with van der Waals surface area (Å²) in [4.78, 5) is 33.8. The maximum atomic E-state index is 12.9. The zero-order valence-corrected chi connectivity index (χ0v) is 17.9. The number of carbonyl (C=O) groups excluding carboxylic acids is 2. The Balaban J connectivity index is 1.48. The molecule has 0 bridgehead atoms. The number of likely N-dealkylation sites (tertiary alicyclic amines) is 1. The summed E-state index contributed by atoms with van der Waals surface area (Å²) in [6.07, 6.45) is 12.9. The van der Waals surface area contributed by atoms with E-state index in [9.17, 15) is 9.59 Å². The van der Waals surface area contributed by atoms with Crippen LogP contribution in [0.3, 0.4) is 0 Å². The van der Waals surface area contributed by atoms with Crippen LogP contribution >= 0.6 is 15.9 Å². The minimum Gasteiger partial charge on any atom is -0.309 e. The number of carbonyl (C=O) groups is 2. The van der Waals surface area contributed by atoms with Gasteiger partial charge in [0.15, 0.2) is 5.82 Å². The van der Waals surface area contributed by atoms with Crippen LogP contribution in [0.4, 0.5) is 11.5 Å². The largest absolute Gasteiger partial charge is 0.309 e. The van der Waals surface area contributed by atoms with E-state index in [-0.39, 0.29) is 24.3 Å². The van der Waals surface area contributed by atoms with E-state index in [0.29, 0.717) is 11.9 Å². The van der Waals surface area contributed by atoms with Gasteiger partial charge in [0.2, 0.25) is 11.8 Å². The third-order valence-electron chi connectivity index (χ3n) is 6.39. The van der Waals surface area contributed by atoms with Gasteiger partial charge in [-0.15, -0.1) is 0 Å². The SMILES string of the molecule is O=C1CC(=O)N(C2CCN(C3CCCCCCC3)CC2)c2cc(Br)cnc2N1. The zero-order valence-electron chi connectivity index (χ0n) is 16.3. The molecule has 3 aliphatic rings. The van der Waals surface area contributed by atoms with Crippen LogP contribution in [-0.4, -0.2) is 46.9 Å². The average molecular weight is 449 g/mol. The molecule has 0 aromatic carbocycles. The summed E-state index contributed by atoms with van der Waals surface area (Å²) in [5.41, 5.74) is 0.717. The van der Waals surface area contributed by atoms with Gasteiger partial charge in [-0.25, -0.2) is 4.98 Å². The molecule has 1 saturated heterocycles. The van der Waals surface area contributed by atoms with Gasteiger partial charge in [0.25, 0.3) is 0 Å². The van der Waals surface area contributed by atoms with E-state index in [1.807, 2.05) is 11.0 Å². The van der Waals surface area contributed by atoms with Gasteiger partial charge in [-0.1, -0.05) is 32.1 Å². The van der Waals surface area contributed by atoms with E-state index in [4.69, 9.17) is 0 Å². The van der Waals surface area contributed by atoms with Crippen LogP contribution in [0.2, 0.25) is 0 Å². The van der Waals surface area contributed by atoms with Crippen LogP contribution in [-0.2, 0) is 9.59 Å². The van der Waals surface area contributed by atoms with Crippen LogP contribution in [0.15, 0.2) is 16.7 Å². The highest BCUT2D eigenvalue weighted by atomic mass is 79.9. The molecule has 1 aliphatic carbocycles. The van der Waals surface area contributed by atoms with Crippen molar-refractivity contribution in [2.75, 3.05) is 23.3 Å². The third kappa shape index (κ3) is 4.40. The number of piperidine rings is 1. The predicted molar refractivity (Wildman–Crippen MR) is 113 cm³/mol. The van der Waals surface area contributed by atoms with E-state index in [1.165, 1.54) is 44.9 Å². The molecular formula is C21H29BrN4O2. The molecule has 1 aromatic rings. The van der Waals surface area contributed by atoms with Crippen LogP contribution in [0.25, 0.3) is 0 Å². The molecule has 0 unspecified atom stereocenters. The average Bonchev–Trinajstić information content (AvgIpc) is 2.76. The summed E-state index contributed by atoms with van der Waals surface area (Å²) >= 11 is 3.46. The Morgan fingerprint density at radius 1 is 0.964 bits per heavy atom. The smallest absolute Gasteiger partial charge is 0.236 e. The highest BCUT2D eigenvalue weighted by Gasteiger charge is 2.35. The number of pyridine rings is 1. The van der Waals surface area contributed by atoms with Crippen molar-refractivity contribution in [2.24, 2.45) is 0 Å². The quantitative estimate of drug-likeness (QED) is 0.691. The lowest BCUT2D eigenvalue weighted by Crippen LogP contribution is -2.50. The normalized spacial score (nSPS) is 23.5. The van der Waals surface area contributed by atoms with Crippen molar-refractivity contribution in [1.29, 1.82) is 0 Å². The molecule has 1 aromatic heterocycles. The maximum Gasteiger partial charge on any atom is 0.236 e. The number of rotatable bonds is 2. The molecule has 1 N–H and O–H groups in total. The second kappa shape index (κ2) is 8.91. The molecule has 0 atom stereocenters. The highest BCUT2D eigenvalue weighted by Crippen LogP contribution is 2.35. The second-order valence-electron chi connectivity index (χ2n) is 8.28. The summed E-state index contributed by atoms with van der Waals surface area (Å²) in [7, 11) is 0. The lowest BCUT2D eigenvalue weighted by Gasteiger charge is -2.42. The van der Waals surface area contributed by atoms with Crippen molar-refractivity contribution in [3.63, 3.8) is 0 Å². The molecule has 2 aliphatic heterocycles. The van der Waals surface area contributed by atoms with Crippen molar-refractivity contribution in [3.05, 3.63) is 16.7 Å². The number of nitrogens with zero attached hydrogens (tertiary/aromatic N) is 3. The molecular weight excluding hydrogens is 420 g/mol. The Morgan fingerprint density at radius 3 is 2.36 bits per heavy atom. The predicted octanol–water partition coefficient (Wildman–Crippen LogP) is 4.10. The van der Waals surface area contributed by atoms with Crippen molar-refractivity contribution in [2.45, 2.75) is 76.3 Å². The van der Waals surface area contributed by atoms with Crippen LogP contribution < -0.4 is 10.2 Å².